The molecule has 7 heteroatoms. The minimum atomic E-state index is 0.450. The molecule has 1 aromatic heterocycles. The van der Waals surface area contributed by atoms with Crippen molar-refractivity contribution in [3.05, 3.63) is 41.5 Å². The number of piperidine rings is 1. The highest BCUT2D eigenvalue weighted by Crippen LogP contribution is 2.13. The number of hydrogen-bond donors (Lipinski definition) is 1. The van der Waals surface area contributed by atoms with Gasteiger partial charge in [0.25, 0.3) is 0 Å². The maximum atomic E-state index is 8.78. The lowest BCUT2D eigenvalue weighted by atomic mass is 10.1. The minimum Gasteiger partial charge on any atom is -0.492 e. The zero-order chi connectivity index (χ0) is 17.5. The second kappa shape index (κ2) is 8.60. The summed E-state index contributed by atoms with van der Waals surface area (Å²) in [6.07, 6.45) is 2.32. The average Bonchev–Trinajstić information content (AvgIpc) is 3.04. The van der Waals surface area contributed by atoms with E-state index < -0.39 is 0 Å². The van der Waals surface area contributed by atoms with Crippen LogP contribution in [0.4, 0.5) is 0 Å². The molecule has 1 aliphatic heterocycles. The van der Waals surface area contributed by atoms with Crippen molar-refractivity contribution >= 4 is 0 Å². The molecule has 0 amide bonds. The van der Waals surface area contributed by atoms with Crippen molar-refractivity contribution in [2.75, 3.05) is 26.2 Å². The zero-order valence-corrected chi connectivity index (χ0v) is 14.4. The Kier molecular flexibility index (Phi) is 5.99. The first-order valence-electron chi connectivity index (χ1n) is 8.61. The maximum Gasteiger partial charge on any atom is 0.223 e. The van der Waals surface area contributed by atoms with Gasteiger partial charge in [0.1, 0.15) is 12.4 Å². The predicted octanol–water partition coefficient (Wildman–Crippen LogP) is 1.88. The Morgan fingerprint density at radius 3 is 2.96 bits per heavy atom. The molecule has 3 rings (SSSR count). The summed E-state index contributed by atoms with van der Waals surface area (Å²) in [7, 11) is 0. The third-order valence-corrected chi connectivity index (χ3v) is 4.23. The molecular weight excluding hydrogens is 318 g/mol. The SMILES string of the molecule is Cc1nc(CN2CCC[C@H](NCCOc3ccc(C#N)cc3)C2)no1. The van der Waals surface area contributed by atoms with E-state index in [0.717, 1.165) is 44.2 Å². The molecule has 0 aliphatic carbocycles. The van der Waals surface area contributed by atoms with Crippen LogP contribution in [0.15, 0.2) is 28.8 Å². The third kappa shape index (κ3) is 5.28. The minimum absolute atomic E-state index is 0.450. The number of rotatable bonds is 7. The number of nitriles is 1. The van der Waals surface area contributed by atoms with Crippen LogP contribution in [0.5, 0.6) is 5.75 Å². The van der Waals surface area contributed by atoms with Gasteiger partial charge in [-0.15, -0.1) is 0 Å². The van der Waals surface area contributed by atoms with Gasteiger partial charge in [-0.25, -0.2) is 0 Å². The van der Waals surface area contributed by atoms with Gasteiger partial charge in [-0.1, -0.05) is 5.16 Å². The number of nitrogens with one attached hydrogen (secondary N) is 1. The topological polar surface area (TPSA) is 87.2 Å². The average molecular weight is 341 g/mol. The molecule has 0 spiro atoms. The number of aryl methyl sites for hydroxylation is 1. The Balaban J connectivity index is 1.37. The first kappa shape index (κ1) is 17.4. The predicted molar refractivity (Wildman–Crippen MR) is 92.0 cm³/mol. The quantitative estimate of drug-likeness (QED) is 0.769. The molecule has 1 aromatic carbocycles. The largest absolute Gasteiger partial charge is 0.492 e. The van der Waals surface area contributed by atoms with Gasteiger partial charge >= 0.3 is 0 Å². The van der Waals surface area contributed by atoms with Gasteiger partial charge in [0.15, 0.2) is 5.82 Å². The highest BCUT2D eigenvalue weighted by Gasteiger charge is 2.20. The fourth-order valence-corrected chi connectivity index (χ4v) is 3.03. The Bertz CT molecular complexity index is 707. The molecule has 1 atom stereocenters. The van der Waals surface area contributed by atoms with Crippen LogP contribution in [0.2, 0.25) is 0 Å². The van der Waals surface area contributed by atoms with Crippen molar-refractivity contribution in [2.45, 2.75) is 32.4 Å². The number of aromatic nitrogens is 2. The lowest BCUT2D eigenvalue weighted by Gasteiger charge is -2.32. The Morgan fingerprint density at radius 1 is 1.40 bits per heavy atom. The summed E-state index contributed by atoms with van der Waals surface area (Å²) in [6, 6.07) is 9.74. The van der Waals surface area contributed by atoms with E-state index in [9.17, 15) is 0 Å². The van der Waals surface area contributed by atoms with Gasteiger partial charge in [-0.3, -0.25) is 4.90 Å². The van der Waals surface area contributed by atoms with E-state index in [4.69, 9.17) is 14.5 Å². The molecule has 1 fully saturated rings. The van der Waals surface area contributed by atoms with E-state index in [1.165, 1.54) is 6.42 Å². The van der Waals surface area contributed by atoms with E-state index in [1.807, 2.05) is 19.1 Å². The summed E-state index contributed by atoms with van der Waals surface area (Å²) in [5, 5.41) is 16.3. The van der Waals surface area contributed by atoms with Crippen molar-refractivity contribution < 1.29 is 9.26 Å². The van der Waals surface area contributed by atoms with Crippen molar-refractivity contribution in [3.63, 3.8) is 0 Å². The standard InChI is InChI=1S/C18H23N5O2/c1-14-21-18(22-25-14)13-23-9-2-3-16(12-23)20-8-10-24-17-6-4-15(11-19)5-7-17/h4-7,16,20H,2-3,8-10,12-13H2,1H3/t16-/m0/s1. The van der Waals surface area contributed by atoms with Crippen molar-refractivity contribution in [2.24, 2.45) is 0 Å². The molecule has 0 radical (unpaired) electrons. The summed E-state index contributed by atoms with van der Waals surface area (Å²) >= 11 is 0. The number of hydrogen-bond acceptors (Lipinski definition) is 7. The number of nitrogens with zero attached hydrogens (tertiary/aromatic N) is 4. The Labute approximate surface area is 147 Å². The number of likely N-dealkylation sites (tertiary alicyclic amines) is 1. The number of ether oxygens (including phenoxy) is 1. The maximum absolute atomic E-state index is 8.78. The van der Waals surface area contributed by atoms with Crippen LogP contribution < -0.4 is 10.1 Å². The van der Waals surface area contributed by atoms with Crippen LogP contribution in [-0.2, 0) is 6.54 Å². The molecule has 25 heavy (non-hydrogen) atoms. The zero-order valence-electron chi connectivity index (χ0n) is 14.4. The second-order valence-corrected chi connectivity index (χ2v) is 6.24. The van der Waals surface area contributed by atoms with Crippen molar-refractivity contribution in [1.29, 1.82) is 5.26 Å². The summed E-state index contributed by atoms with van der Waals surface area (Å²) < 4.78 is 10.7. The first-order valence-corrected chi connectivity index (χ1v) is 8.61. The fourth-order valence-electron chi connectivity index (χ4n) is 3.03. The van der Waals surface area contributed by atoms with E-state index in [-0.39, 0.29) is 0 Å². The van der Waals surface area contributed by atoms with Gasteiger partial charge in [0.2, 0.25) is 5.89 Å². The van der Waals surface area contributed by atoms with Gasteiger partial charge in [-0.05, 0) is 43.7 Å². The highest BCUT2D eigenvalue weighted by molar-refractivity contribution is 5.34. The Morgan fingerprint density at radius 2 is 2.24 bits per heavy atom. The van der Waals surface area contributed by atoms with Gasteiger partial charge in [0.05, 0.1) is 18.2 Å². The summed E-state index contributed by atoms with van der Waals surface area (Å²) in [5.41, 5.74) is 0.643. The molecule has 2 heterocycles. The summed E-state index contributed by atoms with van der Waals surface area (Å²) in [5.74, 6) is 2.16. The normalized spacial score (nSPS) is 18.0. The van der Waals surface area contributed by atoms with Crippen LogP contribution in [-0.4, -0.2) is 47.3 Å². The molecule has 1 saturated heterocycles. The molecule has 2 aromatic rings. The van der Waals surface area contributed by atoms with E-state index in [0.29, 0.717) is 24.1 Å². The van der Waals surface area contributed by atoms with Crippen LogP contribution >= 0.6 is 0 Å². The van der Waals surface area contributed by atoms with E-state index >= 15 is 0 Å². The van der Waals surface area contributed by atoms with Crippen LogP contribution in [0.25, 0.3) is 0 Å². The molecule has 1 aliphatic rings. The van der Waals surface area contributed by atoms with Gasteiger partial charge in [-0.2, -0.15) is 10.2 Å². The van der Waals surface area contributed by atoms with Crippen LogP contribution in [0.1, 0.15) is 30.1 Å². The van der Waals surface area contributed by atoms with E-state index in [1.54, 1.807) is 12.1 Å². The van der Waals surface area contributed by atoms with Crippen molar-refractivity contribution in [3.8, 4) is 11.8 Å². The number of benzene rings is 1. The lowest BCUT2D eigenvalue weighted by molar-refractivity contribution is 0.173. The summed E-state index contributed by atoms with van der Waals surface area (Å²) in [4.78, 5) is 6.63. The molecule has 0 bridgehead atoms. The third-order valence-electron chi connectivity index (χ3n) is 4.23. The molecule has 0 unspecified atom stereocenters. The first-order chi connectivity index (χ1) is 12.2. The Hall–Kier alpha value is -2.43. The molecular formula is C18H23N5O2. The molecule has 0 saturated carbocycles. The fraction of sp³-hybridized carbons (Fsp3) is 0.500. The van der Waals surface area contributed by atoms with Crippen LogP contribution in [0, 0.1) is 18.3 Å². The molecule has 1 N–H and O–H groups in total. The van der Waals surface area contributed by atoms with Crippen LogP contribution in [0.3, 0.4) is 0 Å². The van der Waals surface area contributed by atoms with Gasteiger partial charge in [0, 0.05) is 26.1 Å². The highest BCUT2D eigenvalue weighted by atomic mass is 16.5. The molecule has 7 nitrogen and oxygen atoms in total. The second-order valence-electron chi connectivity index (χ2n) is 6.24. The van der Waals surface area contributed by atoms with E-state index in [2.05, 4.69) is 26.4 Å². The summed E-state index contributed by atoms with van der Waals surface area (Å²) in [6.45, 7) is 5.98. The monoisotopic (exact) mass is 341 g/mol. The smallest absolute Gasteiger partial charge is 0.223 e. The lowest BCUT2D eigenvalue weighted by Crippen LogP contribution is -2.46. The van der Waals surface area contributed by atoms with Gasteiger partial charge < -0.3 is 14.6 Å². The van der Waals surface area contributed by atoms with Crippen molar-refractivity contribution in [1.82, 2.24) is 20.4 Å². The molecule has 132 valence electrons.